The van der Waals surface area contributed by atoms with Gasteiger partial charge in [-0.1, -0.05) is 11.6 Å². The Hall–Kier alpha value is -1.46. The molecule has 0 aliphatic carbocycles. The van der Waals surface area contributed by atoms with E-state index in [2.05, 4.69) is 0 Å². The van der Waals surface area contributed by atoms with Gasteiger partial charge in [-0.25, -0.2) is 4.79 Å². The van der Waals surface area contributed by atoms with Crippen LogP contribution in [0.3, 0.4) is 0 Å². The fourth-order valence-corrected chi connectivity index (χ4v) is 2.60. The first-order valence-electron chi connectivity index (χ1n) is 3.88. The molecule has 0 saturated carbocycles. The minimum absolute atomic E-state index is 0.0358. The first kappa shape index (κ1) is 10.1. The number of thiophene rings is 1. The summed E-state index contributed by atoms with van der Waals surface area (Å²) in [4.78, 5) is 10.7. The number of phenolic OH excluding ortho intramolecular Hbond substituents is 2. The molecule has 0 saturated heterocycles. The lowest BCUT2D eigenvalue weighted by molar-refractivity contribution is 0.0702. The van der Waals surface area contributed by atoms with Crippen LogP contribution >= 0.6 is 22.9 Å². The van der Waals surface area contributed by atoms with Gasteiger partial charge in [0.2, 0.25) is 0 Å². The van der Waals surface area contributed by atoms with E-state index in [0.29, 0.717) is 10.1 Å². The van der Waals surface area contributed by atoms with Crippen molar-refractivity contribution in [1.29, 1.82) is 0 Å². The Bertz CT molecular complexity index is 561. The zero-order chi connectivity index (χ0) is 11.2. The van der Waals surface area contributed by atoms with Crippen LogP contribution in [0, 0.1) is 0 Å². The maximum absolute atomic E-state index is 10.8. The fourth-order valence-electron chi connectivity index (χ4n) is 1.28. The van der Waals surface area contributed by atoms with Gasteiger partial charge in [0, 0.05) is 11.5 Å². The topological polar surface area (TPSA) is 77.8 Å². The molecule has 0 unspecified atom stereocenters. The monoisotopic (exact) mass is 244 g/mol. The predicted octanol–water partition coefficient (Wildman–Crippen LogP) is 2.66. The number of hydrogen-bond acceptors (Lipinski definition) is 4. The van der Waals surface area contributed by atoms with E-state index in [-0.39, 0.29) is 21.4 Å². The number of halogens is 1. The van der Waals surface area contributed by atoms with Crippen molar-refractivity contribution in [3.63, 3.8) is 0 Å². The first-order valence-corrected chi connectivity index (χ1v) is 5.07. The molecule has 78 valence electrons. The van der Waals surface area contributed by atoms with E-state index >= 15 is 0 Å². The van der Waals surface area contributed by atoms with Crippen LogP contribution < -0.4 is 0 Å². The van der Waals surface area contributed by atoms with Crippen molar-refractivity contribution in [2.24, 2.45) is 0 Å². The third-order valence-electron chi connectivity index (χ3n) is 1.89. The largest absolute Gasteiger partial charge is 0.508 e. The molecular weight excluding hydrogens is 240 g/mol. The maximum Gasteiger partial charge on any atom is 0.347 e. The number of aromatic carboxylic acids is 1. The van der Waals surface area contributed by atoms with Gasteiger partial charge in [-0.3, -0.25) is 0 Å². The molecule has 0 amide bonds. The van der Waals surface area contributed by atoms with Crippen LogP contribution in [0.25, 0.3) is 10.1 Å². The lowest BCUT2D eigenvalue weighted by Gasteiger charge is -1.96. The highest BCUT2D eigenvalue weighted by atomic mass is 35.5. The minimum atomic E-state index is -1.15. The second-order valence-electron chi connectivity index (χ2n) is 2.89. The van der Waals surface area contributed by atoms with E-state index in [1.165, 1.54) is 6.07 Å². The molecule has 0 spiro atoms. The molecule has 0 aliphatic heterocycles. The van der Waals surface area contributed by atoms with Gasteiger partial charge in [-0.05, 0) is 6.07 Å². The molecule has 0 atom stereocenters. The van der Waals surface area contributed by atoms with Gasteiger partial charge in [0.05, 0.1) is 9.72 Å². The summed E-state index contributed by atoms with van der Waals surface area (Å²) in [5.74, 6) is -1.49. The Labute approximate surface area is 93.0 Å². The van der Waals surface area contributed by atoms with Gasteiger partial charge in [0.25, 0.3) is 0 Å². The normalized spacial score (nSPS) is 10.7. The number of fused-ring (bicyclic) bond motifs is 1. The van der Waals surface area contributed by atoms with Crippen molar-refractivity contribution in [3.8, 4) is 11.5 Å². The summed E-state index contributed by atoms with van der Waals surface area (Å²) in [5, 5.41) is 27.9. The van der Waals surface area contributed by atoms with Crippen LogP contribution in [0.5, 0.6) is 11.5 Å². The summed E-state index contributed by atoms with van der Waals surface area (Å²) in [5.41, 5.74) is 0. The van der Waals surface area contributed by atoms with Crippen molar-refractivity contribution >= 4 is 39.0 Å². The van der Waals surface area contributed by atoms with Crippen LogP contribution in [0.2, 0.25) is 5.02 Å². The van der Waals surface area contributed by atoms with E-state index in [9.17, 15) is 15.0 Å². The standard InChI is InChI=1S/C9H5ClO4S/c10-6-4-1-3(11)2-5(12)7(4)15-8(6)9(13)14/h1-2,11-12H,(H,13,14). The lowest BCUT2D eigenvalue weighted by Crippen LogP contribution is -1.91. The Kier molecular flexibility index (Phi) is 2.21. The second-order valence-corrected chi connectivity index (χ2v) is 4.29. The van der Waals surface area contributed by atoms with Crippen LogP contribution in [-0.2, 0) is 0 Å². The number of carbonyl (C=O) groups is 1. The van der Waals surface area contributed by atoms with Crippen molar-refractivity contribution in [3.05, 3.63) is 22.0 Å². The minimum Gasteiger partial charge on any atom is -0.508 e. The number of phenols is 2. The predicted molar refractivity (Wildman–Crippen MR) is 57.1 cm³/mol. The zero-order valence-electron chi connectivity index (χ0n) is 7.19. The van der Waals surface area contributed by atoms with E-state index < -0.39 is 5.97 Å². The lowest BCUT2D eigenvalue weighted by atomic mass is 10.2. The highest BCUT2D eigenvalue weighted by Crippen LogP contribution is 2.42. The molecule has 2 rings (SSSR count). The summed E-state index contributed by atoms with van der Waals surface area (Å²) in [6.45, 7) is 0. The Morgan fingerprint density at radius 3 is 2.60 bits per heavy atom. The summed E-state index contributed by atoms with van der Waals surface area (Å²) in [7, 11) is 0. The number of rotatable bonds is 1. The SMILES string of the molecule is O=C(O)c1sc2c(O)cc(O)cc2c1Cl. The molecule has 2 aromatic rings. The van der Waals surface area contributed by atoms with E-state index in [4.69, 9.17) is 16.7 Å². The van der Waals surface area contributed by atoms with Gasteiger partial charge in [-0.2, -0.15) is 0 Å². The quantitative estimate of drug-likeness (QED) is 0.721. The molecule has 1 aromatic heterocycles. The Balaban J connectivity index is 2.88. The van der Waals surface area contributed by atoms with Crippen LogP contribution in [0.15, 0.2) is 12.1 Å². The summed E-state index contributed by atoms with van der Waals surface area (Å²) >= 11 is 6.68. The highest BCUT2D eigenvalue weighted by Gasteiger charge is 2.18. The summed E-state index contributed by atoms with van der Waals surface area (Å²) < 4.78 is 0.357. The molecule has 3 N–H and O–H groups in total. The van der Waals surface area contributed by atoms with Gasteiger partial charge < -0.3 is 15.3 Å². The van der Waals surface area contributed by atoms with E-state index in [1.54, 1.807) is 0 Å². The number of carboxylic acid groups (broad SMARTS) is 1. The van der Waals surface area contributed by atoms with Crippen LogP contribution in [0.4, 0.5) is 0 Å². The van der Waals surface area contributed by atoms with Gasteiger partial charge in [0.1, 0.15) is 16.4 Å². The Morgan fingerprint density at radius 2 is 2.00 bits per heavy atom. The maximum atomic E-state index is 10.8. The smallest absolute Gasteiger partial charge is 0.347 e. The third-order valence-corrected chi connectivity index (χ3v) is 3.61. The summed E-state index contributed by atoms with van der Waals surface area (Å²) in [6, 6.07) is 2.46. The average molecular weight is 245 g/mol. The molecule has 0 fully saturated rings. The number of hydrogen-bond donors (Lipinski definition) is 3. The number of benzene rings is 1. The van der Waals surface area contributed by atoms with E-state index in [0.717, 1.165) is 17.4 Å². The molecule has 4 nitrogen and oxygen atoms in total. The number of aromatic hydroxyl groups is 2. The van der Waals surface area contributed by atoms with E-state index in [1.807, 2.05) is 0 Å². The number of carboxylic acids is 1. The summed E-state index contributed by atoms with van der Waals surface area (Å²) in [6.07, 6.45) is 0. The molecule has 0 radical (unpaired) electrons. The van der Waals surface area contributed by atoms with Crippen LogP contribution in [0.1, 0.15) is 9.67 Å². The van der Waals surface area contributed by atoms with Crippen molar-refractivity contribution in [1.82, 2.24) is 0 Å². The Morgan fingerprint density at radius 1 is 1.33 bits per heavy atom. The molecular formula is C9H5ClO4S. The molecule has 15 heavy (non-hydrogen) atoms. The second kappa shape index (κ2) is 3.29. The molecule has 1 aromatic carbocycles. The van der Waals surface area contributed by atoms with Crippen molar-refractivity contribution in [2.45, 2.75) is 0 Å². The van der Waals surface area contributed by atoms with Crippen molar-refractivity contribution in [2.75, 3.05) is 0 Å². The van der Waals surface area contributed by atoms with Crippen LogP contribution in [-0.4, -0.2) is 21.3 Å². The highest BCUT2D eigenvalue weighted by molar-refractivity contribution is 7.22. The third kappa shape index (κ3) is 1.49. The van der Waals surface area contributed by atoms with Gasteiger partial charge in [0.15, 0.2) is 0 Å². The zero-order valence-corrected chi connectivity index (χ0v) is 8.76. The molecule has 6 heteroatoms. The average Bonchev–Trinajstić information content (AvgIpc) is 2.44. The van der Waals surface area contributed by atoms with Gasteiger partial charge >= 0.3 is 5.97 Å². The molecule has 0 bridgehead atoms. The van der Waals surface area contributed by atoms with Crippen molar-refractivity contribution < 1.29 is 20.1 Å². The first-order chi connectivity index (χ1) is 7.00. The van der Waals surface area contributed by atoms with Gasteiger partial charge in [-0.15, -0.1) is 11.3 Å². The molecule has 1 heterocycles. The fraction of sp³-hybridized carbons (Fsp3) is 0. The molecule has 0 aliphatic rings.